The van der Waals surface area contributed by atoms with Gasteiger partial charge in [0.2, 0.25) is 5.91 Å². The van der Waals surface area contributed by atoms with Crippen LogP contribution in [0.1, 0.15) is 36.0 Å². The summed E-state index contributed by atoms with van der Waals surface area (Å²) in [6.07, 6.45) is 11.0. The second kappa shape index (κ2) is 11.6. The van der Waals surface area contributed by atoms with E-state index >= 15 is 0 Å². The lowest BCUT2D eigenvalue weighted by molar-refractivity contribution is -0.130. The maximum Gasteiger partial charge on any atom is 0.247 e. The summed E-state index contributed by atoms with van der Waals surface area (Å²) in [5, 5.41) is 19.7. The highest BCUT2D eigenvalue weighted by molar-refractivity contribution is 6.03. The van der Waals surface area contributed by atoms with Crippen LogP contribution in [0.15, 0.2) is 78.4 Å². The number of carbonyl (C=O) groups is 1. The predicted molar refractivity (Wildman–Crippen MR) is 152 cm³/mol. The van der Waals surface area contributed by atoms with Gasteiger partial charge in [-0.25, -0.2) is 15.0 Å². The van der Waals surface area contributed by atoms with E-state index in [1.165, 1.54) is 30.9 Å². The fourth-order valence-corrected chi connectivity index (χ4v) is 5.21. The average Bonchev–Trinajstić information content (AvgIpc) is 3.79. The van der Waals surface area contributed by atoms with Gasteiger partial charge in [0.15, 0.2) is 5.82 Å². The highest BCUT2D eigenvalue weighted by Gasteiger charge is 2.22. The minimum absolute atomic E-state index is 0.0680. The first-order valence-corrected chi connectivity index (χ1v) is 13.7. The SMILES string of the molecule is N#Cc1cccc(C2=NN(C(=O)Cc3cccc(-c4ncc(-c5cnn(CCN6CCCC6)c5)cn4)c3)CC2)c1. The third-order valence-electron chi connectivity index (χ3n) is 7.42. The van der Waals surface area contributed by atoms with E-state index in [0.29, 0.717) is 24.4 Å². The molecule has 0 unspecified atom stereocenters. The van der Waals surface area contributed by atoms with Crippen LogP contribution in [0.2, 0.25) is 0 Å². The molecule has 2 aromatic carbocycles. The first-order chi connectivity index (χ1) is 19.6. The number of carbonyl (C=O) groups excluding carboxylic acids is 1. The number of hydrogen-bond donors (Lipinski definition) is 0. The highest BCUT2D eigenvalue weighted by atomic mass is 16.2. The van der Waals surface area contributed by atoms with Crippen molar-refractivity contribution < 1.29 is 4.79 Å². The smallest absolute Gasteiger partial charge is 0.247 e. The molecule has 6 rings (SSSR count). The molecule has 2 aliphatic heterocycles. The van der Waals surface area contributed by atoms with Gasteiger partial charge < -0.3 is 4.90 Å². The monoisotopic (exact) mass is 530 g/mol. The standard InChI is InChI=1S/C31H30N8O/c32-18-24-6-4-7-25(16-24)29-9-12-39(36-29)30(40)17-23-5-3-8-26(15-23)31-33-19-27(20-34-31)28-21-35-38(22-28)14-13-37-10-1-2-11-37/h3-8,15-16,19-22H,1-2,9-14,17H2. The van der Waals surface area contributed by atoms with E-state index in [1.54, 1.807) is 6.07 Å². The van der Waals surface area contributed by atoms with Gasteiger partial charge in [0.1, 0.15) is 0 Å². The molecular formula is C31H30N8O. The zero-order valence-corrected chi connectivity index (χ0v) is 22.3. The fraction of sp³-hybridized carbons (Fsp3) is 0.290. The van der Waals surface area contributed by atoms with Gasteiger partial charge >= 0.3 is 0 Å². The number of rotatable bonds is 8. The molecule has 1 fully saturated rings. The molecule has 0 aliphatic carbocycles. The molecule has 1 saturated heterocycles. The molecule has 2 aromatic heterocycles. The number of aromatic nitrogens is 4. The Bertz CT molecular complexity index is 1580. The third-order valence-corrected chi connectivity index (χ3v) is 7.42. The molecule has 1 amide bonds. The number of nitrogens with zero attached hydrogens (tertiary/aromatic N) is 8. The van der Waals surface area contributed by atoms with E-state index in [4.69, 9.17) is 5.26 Å². The van der Waals surface area contributed by atoms with E-state index in [1.807, 2.05) is 71.9 Å². The van der Waals surface area contributed by atoms with Crippen LogP contribution in [0, 0.1) is 11.3 Å². The number of benzene rings is 2. The molecule has 0 bridgehead atoms. The maximum absolute atomic E-state index is 13.0. The van der Waals surface area contributed by atoms with Crippen molar-refractivity contribution in [3.8, 4) is 28.6 Å². The molecule has 9 heteroatoms. The summed E-state index contributed by atoms with van der Waals surface area (Å²) < 4.78 is 1.98. The van der Waals surface area contributed by atoms with E-state index in [2.05, 4.69) is 31.1 Å². The van der Waals surface area contributed by atoms with Gasteiger partial charge in [-0.1, -0.05) is 30.3 Å². The first-order valence-electron chi connectivity index (χ1n) is 13.7. The van der Waals surface area contributed by atoms with Crippen molar-refractivity contribution >= 4 is 11.6 Å². The summed E-state index contributed by atoms with van der Waals surface area (Å²) in [5.74, 6) is 0.542. The Kier molecular flexibility index (Phi) is 7.42. The van der Waals surface area contributed by atoms with Crippen LogP contribution in [0.4, 0.5) is 0 Å². The summed E-state index contributed by atoms with van der Waals surface area (Å²) in [7, 11) is 0. The van der Waals surface area contributed by atoms with Gasteiger partial charge in [0.25, 0.3) is 0 Å². The molecular weight excluding hydrogens is 500 g/mol. The third kappa shape index (κ3) is 5.82. The molecule has 4 aromatic rings. The minimum Gasteiger partial charge on any atom is -0.301 e. The van der Waals surface area contributed by atoms with Crippen molar-refractivity contribution in [3.05, 3.63) is 90.0 Å². The molecule has 9 nitrogen and oxygen atoms in total. The summed E-state index contributed by atoms with van der Waals surface area (Å²) in [6, 6.07) is 17.2. The summed E-state index contributed by atoms with van der Waals surface area (Å²) in [4.78, 5) is 24.7. The Balaban J connectivity index is 1.09. The largest absolute Gasteiger partial charge is 0.301 e. The fourth-order valence-electron chi connectivity index (χ4n) is 5.21. The van der Waals surface area contributed by atoms with Gasteiger partial charge in [0.05, 0.1) is 43.1 Å². The van der Waals surface area contributed by atoms with Gasteiger partial charge in [-0.3, -0.25) is 9.48 Å². The van der Waals surface area contributed by atoms with Crippen molar-refractivity contribution in [2.24, 2.45) is 5.10 Å². The van der Waals surface area contributed by atoms with E-state index in [9.17, 15) is 4.79 Å². The van der Waals surface area contributed by atoms with Crippen molar-refractivity contribution in [2.45, 2.75) is 32.2 Å². The van der Waals surface area contributed by atoms with E-state index < -0.39 is 0 Å². The predicted octanol–water partition coefficient (Wildman–Crippen LogP) is 4.15. The molecule has 2 aliphatic rings. The van der Waals surface area contributed by atoms with Crippen molar-refractivity contribution in [1.82, 2.24) is 29.7 Å². The normalized spacial score (nSPS) is 15.3. The second-order valence-electron chi connectivity index (χ2n) is 10.2. The quantitative estimate of drug-likeness (QED) is 0.339. The topological polar surface area (TPSA) is 103 Å². The number of likely N-dealkylation sites (tertiary alicyclic amines) is 1. The highest BCUT2D eigenvalue weighted by Crippen LogP contribution is 2.22. The summed E-state index contributed by atoms with van der Waals surface area (Å²) in [5.41, 5.74) is 5.95. The molecule has 40 heavy (non-hydrogen) atoms. The lowest BCUT2D eigenvalue weighted by Crippen LogP contribution is -2.25. The molecule has 200 valence electrons. The van der Waals surface area contributed by atoms with Crippen LogP contribution in [-0.2, 0) is 17.8 Å². The van der Waals surface area contributed by atoms with Crippen LogP contribution in [0.3, 0.4) is 0 Å². The van der Waals surface area contributed by atoms with Crippen LogP contribution in [-0.4, -0.2) is 67.5 Å². The van der Waals surface area contributed by atoms with E-state index in [0.717, 1.165) is 46.6 Å². The Hall–Kier alpha value is -4.68. The number of nitriles is 1. The minimum atomic E-state index is -0.0680. The van der Waals surface area contributed by atoms with Gasteiger partial charge in [-0.05, 0) is 55.3 Å². The van der Waals surface area contributed by atoms with Crippen molar-refractivity contribution in [3.63, 3.8) is 0 Å². The molecule has 0 spiro atoms. The van der Waals surface area contributed by atoms with Crippen LogP contribution in [0.25, 0.3) is 22.5 Å². The molecule has 0 N–H and O–H groups in total. The number of hydrazone groups is 1. The molecule has 0 saturated carbocycles. The average molecular weight is 531 g/mol. The van der Waals surface area contributed by atoms with Crippen LogP contribution in [0.5, 0.6) is 0 Å². The Morgan fingerprint density at radius 2 is 1.68 bits per heavy atom. The molecule has 0 radical (unpaired) electrons. The van der Waals surface area contributed by atoms with Crippen LogP contribution < -0.4 is 0 Å². The molecule has 4 heterocycles. The maximum atomic E-state index is 13.0. The summed E-state index contributed by atoms with van der Waals surface area (Å²) in [6.45, 7) is 4.81. The Morgan fingerprint density at radius 1 is 0.875 bits per heavy atom. The van der Waals surface area contributed by atoms with Gasteiger partial charge in [-0.15, -0.1) is 0 Å². The van der Waals surface area contributed by atoms with E-state index in [-0.39, 0.29) is 12.3 Å². The zero-order valence-electron chi connectivity index (χ0n) is 22.3. The first kappa shape index (κ1) is 25.6. The summed E-state index contributed by atoms with van der Waals surface area (Å²) >= 11 is 0. The van der Waals surface area contributed by atoms with Gasteiger partial charge in [0, 0.05) is 48.2 Å². The van der Waals surface area contributed by atoms with Gasteiger partial charge in [-0.2, -0.15) is 15.5 Å². The number of amides is 1. The second-order valence-corrected chi connectivity index (χ2v) is 10.2. The number of hydrogen-bond acceptors (Lipinski definition) is 7. The molecule has 0 atom stereocenters. The van der Waals surface area contributed by atoms with Crippen molar-refractivity contribution in [1.29, 1.82) is 5.26 Å². The Morgan fingerprint density at radius 3 is 2.50 bits per heavy atom. The van der Waals surface area contributed by atoms with Crippen molar-refractivity contribution in [2.75, 3.05) is 26.2 Å². The Labute approximate surface area is 233 Å². The zero-order chi connectivity index (χ0) is 27.3. The lowest BCUT2D eigenvalue weighted by atomic mass is 10.1. The lowest BCUT2D eigenvalue weighted by Gasteiger charge is -2.13. The van der Waals surface area contributed by atoms with Crippen LogP contribution >= 0.6 is 0 Å².